The molecular formula is C29H35ClO2. The zero-order chi connectivity index (χ0) is 22.1. The molecule has 2 aromatic rings. The van der Waals surface area contributed by atoms with Crippen molar-refractivity contribution in [1.82, 2.24) is 0 Å². The fraction of sp³-hybridized carbons (Fsp3) is 0.517. The van der Waals surface area contributed by atoms with E-state index in [9.17, 15) is 0 Å². The molecule has 0 aromatic heterocycles. The van der Waals surface area contributed by atoms with Gasteiger partial charge in [0.05, 0.1) is 20.3 Å². The van der Waals surface area contributed by atoms with Gasteiger partial charge >= 0.3 is 0 Å². The zero-order valence-corrected chi connectivity index (χ0v) is 20.1. The standard InChI is InChI=1S/C29H35ClO2/c1-29-15-14-25-24-11-9-23(31-2)16-21(24)8-10-26(25)28(29)13-12-27(29)22(17-30)19-32-18-20-6-4-3-5-7-20/h3-7,9,11-12,16,22,25-26,28H,8,10,13-15,17-19H2,1-2H3/t22-,25-,26-,28+,29-/m1/s1. The third-order valence-corrected chi connectivity index (χ3v) is 9.00. The fourth-order valence-electron chi connectivity index (χ4n) is 7.03. The topological polar surface area (TPSA) is 18.5 Å². The van der Waals surface area contributed by atoms with Gasteiger partial charge in [-0.2, -0.15) is 0 Å². The number of aryl methyl sites for hydroxylation is 1. The Morgan fingerprint density at radius 1 is 1.12 bits per heavy atom. The first-order valence-corrected chi connectivity index (χ1v) is 12.7. The van der Waals surface area contributed by atoms with Gasteiger partial charge in [-0.05, 0) is 84.1 Å². The molecule has 2 nitrogen and oxygen atoms in total. The molecule has 170 valence electrons. The predicted molar refractivity (Wildman–Crippen MR) is 131 cm³/mol. The van der Waals surface area contributed by atoms with Crippen LogP contribution in [0, 0.1) is 23.2 Å². The van der Waals surface area contributed by atoms with E-state index >= 15 is 0 Å². The number of methoxy groups -OCH3 is 1. The summed E-state index contributed by atoms with van der Waals surface area (Å²) < 4.78 is 11.6. The maximum absolute atomic E-state index is 6.52. The summed E-state index contributed by atoms with van der Waals surface area (Å²) in [6.45, 7) is 3.89. The van der Waals surface area contributed by atoms with Crippen LogP contribution in [-0.2, 0) is 17.8 Å². The van der Waals surface area contributed by atoms with Crippen LogP contribution < -0.4 is 4.74 Å². The Labute approximate surface area is 198 Å². The second-order valence-corrected chi connectivity index (χ2v) is 10.5. The fourth-order valence-corrected chi connectivity index (χ4v) is 7.29. The number of fused-ring (bicyclic) bond motifs is 5. The largest absolute Gasteiger partial charge is 0.497 e. The third kappa shape index (κ3) is 3.90. The number of rotatable bonds is 7. The predicted octanol–water partition coefficient (Wildman–Crippen LogP) is 7.16. The van der Waals surface area contributed by atoms with E-state index in [1.807, 2.05) is 6.07 Å². The lowest BCUT2D eigenvalue weighted by atomic mass is 9.53. The number of hydrogen-bond donors (Lipinski definition) is 0. The smallest absolute Gasteiger partial charge is 0.119 e. The van der Waals surface area contributed by atoms with Gasteiger partial charge in [0.15, 0.2) is 0 Å². The van der Waals surface area contributed by atoms with Gasteiger partial charge < -0.3 is 9.47 Å². The number of allylic oxidation sites excluding steroid dienone is 1. The minimum absolute atomic E-state index is 0.265. The van der Waals surface area contributed by atoms with Crippen LogP contribution in [-0.4, -0.2) is 19.6 Å². The molecular weight excluding hydrogens is 416 g/mol. The minimum atomic E-state index is 0.265. The van der Waals surface area contributed by atoms with E-state index in [1.54, 1.807) is 18.2 Å². The van der Waals surface area contributed by atoms with Crippen LogP contribution in [0.4, 0.5) is 0 Å². The molecule has 0 heterocycles. The van der Waals surface area contributed by atoms with Gasteiger partial charge in [-0.15, -0.1) is 11.6 Å². The summed E-state index contributed by atoms with van der Waals surface area (Å²) in [4.78, 5) is 0. The van der Waals surface area contributed by atoms with Gasteiger partial charge in [0.25, 0.3) is 0 Å². The van der Waals surface area contributed by atoms with Crippen molar-refractivity contribution in [3.8, 4) is 5.75 Å². The van der Waals surface area contributed by atoms with Gasteiger partial charge in [0.1, 0.15) is 5.75 Å². The van der Waals surface area contributed by atoms with Crippen molar-refractivity contribution in [2.45, 2.75) is 51.6 Å². The van der Waals surface area contributed by atoms with E-state index < -0.39 is 0 Å². The highest BCUT2D eigenvalue weighted by Gasteiger charge is 2.52. The quantitative estimate of drug-likeness (QED) is 0.329. The van der Waals surface area contributed by atoms with Crippen LogP contribution in [0.1, 0.15) is 55.2 Å². The Morgan fingerprint density at radius 2 is 1.97 bits per heavy atom. The van der Waals surface area contributed by atoms with E-state index in [4.69, 9.17) is 21.1 Å². The SMILES string of the molecule is COc1ccc2c(c1)CC[C@@H]1[C@@H]2CC[C@]2(C)C([C@H](CCl)COCc3ccccc3)=CC[C@@H]12. The molecule has 5 rings (SSSR count). The van der Waals surface area contributed by atoms with Crippen molar-refractivity contribution in [3.63, 3.8) is 0 Å². The molecule has 3 aliphatic rings. The van der Waals surface area contributed by atoms with Gasteiger partial charge in [-0.25, -0.2) is 0 Å². The molecule has 0 aliphatic heterocycles. The van der Waals surface area contributed by atoms with Gasteiger partial charge in [0.2, 0.25) is 0 Å². The van der Waals surface area contributed by atoms with Crippen molar-refractivity contribution in [1.29, 1.82) is 0 Å². The molecule has 0 radical (unpaired) electrons. The molecule has 2 aromatic carbocycles. The number of ether oxygens (including phenoxy) is 2. The molecule has 0 spiro atoms. The summed E-state index contributed by atoms with van der Waals surface area (Å²) >= 11 is 6.52. The summed E-state index contributed by atoms with van der Waals surface area (Å²) in [6, 6.07) is 17.2. The van der Waals surface area contributed by atoms with E-state index in [0.29, 0.717) is 30.9 Å². The average molecular weight is 451 g/mol. The summed E-state index contributed by atoms with van der Waals surface area (Å²) in [5.41, 5.74) is 6.15. The van der Waals surface area contributed by atoms with Crippen LogP contribution in [0.2, 0.25) is 0 Å². The Balaban J connectivity index is 1.29. The molecule has 0 N–H and O–H groups in total. The lowest BCUT2D eigenvalue weighted by molar-refractivity contribution is 0.0541. The monoisotopic (exact) mass is 450 g/mol. The zero-order valence-electron chi connectivity index (χ0n) is 19.4. The van der Waals surface area contributed by atoms with Crippen molar-refractivity contribution < 1.29 is 9.47 Å². The van der Waals surface area contributed by atoms with E-state index in [-0.39, 0.29) is 5.41 Å². The molecule has 0 bridgehead atoms. The molecule has 0 saturated heterocycles. The average Bonchev–Trinajstić information content (AvgIpc) is 3.19. The van der Waals surface area contributed by atoms with Crippen LogP contribution in [0.15, 0.2) is 60.2 Å². The maximum Gasteiger partial charge on any atom is 0.119 e. The van der Waals surface area contributed by atoms with E-state index in [1.165, 1.54) is 43.2 Å². The molecule has 5 atom stereocenters. The Kier molecular flexibility index (Phi) is 6.36. The summed E-state index contributed by atoms with van der Waals surface area (Å²) in [5, 5.41) is 0. The normalized spacial score (nSPS) is 29.5. The van der Waals surface area contributed by atoms with E-state index in [2.05, 4.69) is 55.5 Å². The lowest BCUT2D eigenvalue weighted by Gasteiger charge is -2.51. The summed E-state index contributed by atoms with van der Waals surface area (Å²) in [6.07, 6.45) is 8.73. The molecule has 32 heavy (non-hydrogen) atoms. The number of alkyl halides is 1. The molecule has 0 unspecified atom stereocenters. The lowest BCUT2D eigenvalue weighted by Crippen LogP contribution is -2.42. The van der Waals surface area contributed by atoms with Crippen LogP contribution in [0.25, 0.3) is 0 Å². The Morgan fingerprint density at radius 3 is 2.75 bits per heavy atom. The number of hydrogen-bond acceptors (Lipinski definition) is 2. The van der Waals surface area contributed by atoms with Crippen molar-refractivity contribution in [3.05, 3.63) is 76.9 Å². The van der Waals surface area contributed by atoms with Gasteiger partial charge in [-0.3, -0.25) is 0 Å². The Hall–Kier alpha value is -1.77. The molecule has 1 fully saturated rings. The Bertz CT molecular complexity index is 968. The summed E-state index contributed by atoms with van der Waals surface area (Å²) in [5.74, 6) is 4.13. The highest BCUT2D eigenvalue weighted by Crippen LogP contribution is 2.62. The van der Waals surface area contributed by atoms with E-state index in [0.717, 1.165) is 17.6 Å². The molecule has 3 aliphatic carbocycles. The molecule has 1 saturated carbocycles. The minimum Gasteiger partial charge on any atom is -0.497 e. The third-order valence-electron chi connectivity index (χ3n) is 8.63. The first-order valence-electron chi connectivity index (χ1n) is 12.2. The first kappa shape index (κ1) is 22.0. The van der Waals surface area contributed by atoms with Crippen LogP contribution in [0.5, 0.6) is 5.75 Å². The first-order chi connectivity index (χ1) is 15.6. The van der Waals surface area contributed by atoms with Gasteiger partial charge in [-0.1, -0.05) is 55.0 Å². The van der Waals surface area contributed by atoms with Gasteiger partial charge in [0, 0.05) is 11.8 Å². The van der Waals surface area contributed by atoms with Crippen molar-refractivity contribution >= 4 is 11.6 Å². The van der Waals surface area contributed by atoms with Crippen LogP contribution in [0.3, 0.4) is 0 Å². The van der Waals surface area contributed by atoms with Crippen molar-refractivity contribution in [2.24, 2.45) is 23.2 Å². The highest BCUT2D eigenvalue weighted by molar-refractivity contribution is 6.18. The number of halogens is 1. The maximum atomic E-state index is 6.52. The van der Waals surface area contributed by atoms with Crippen LogP contribution >= 0.6 is 11.6 Å². The second kappa shape index (κ2) is 9.23. The highest BCUT2D eigenvalue weighted by atomic mass is 35.5. The number of benzene rings is 2. The van der Waals surface area contributed by atoms with Crippen molar-refractivity contribution in [2.75, 3.05) is 19.6 Å². The molecule has 0 amide bonds. The second-order valence-electron chi connectivity index (χ2n) is 10.2. The molecule has 3 heteroatoms. The summed E-state index contributed by atoms with van der Waals surface area (Å²) in [7, 11) is 1.77.